The molecule has 4 rings (SSSR count). The van der Waals surface area contributed by atoms with E-state index in [2.05, 4.69) is 17.4 Å². The highest BCUT2D eigenvalue weighted by Gasteiger charge is 2.42. The van der Waals surface area contributed by atoms with Gasteiger partial charge in [0.05, 0.1) is 5.92 Å². The number of methoxy groups -OCH3 is 1. The number of nitrogens with one attached hydrogen (secondary N) is 1. The molecule has 7 heteroatoms. The molecule has 0 spiro atoms. The van der Waals surface area contributed by atoms with Crippen molar-refractivity contribution < 1.29 is 18.7 Å². The van der Waals surface area contributed by atoms with Crippen molar-refractivity contribution in [3.8, 4) is 11.5 Å². The molecule has 0 radical (unpaired) electrons. The molecular formula is C27H38FN3O3. The second-order valence-electron chi connectivity index (χ2n) is 8.96. The predicted octanol–water partition coefficient (Wildman–Crippen LogP) is 4.57. The number of ether oxygens (including phenoxy) is 2. The molecule has 1 fully saturated rings. The summed E-state index contributed by atoms with van der Waals surface area (Å²) < 4.78 is 25.2. The summed E-state index contributed by atoms with van der Waals surface area (Å²) in [5, 5.41) is 3.94. The fourth-order valence-electron chi connectivity index (χ4n) is 4.91. The Morgan fingerprint density at radius 1 is 1.18 bits per heavy atom. The highest BCUT2D eigenvalue weighted by molar-refractivity contribution is 5.79. The molecule has 2 aliphatic heterocycles. The number of piperidine rings is 1. The summed E-state index contributed by atoms with van der Waals surface area (Å²) in [6.45, 7) is 4.39. The van der Waals surface area contributed by atoms with Crippen LogP contribution in [0, 0.1) is 5.92 Å². The van der Waals surface area contributed by atoms with Gasteiger partial charge in [-0.2, -0.15) is 0 Å². The first kappa shape index (κ1) is 26.1. The molecule has 3 N–H and O–H groups in total. The maximum absolute atomic E-state index is 13.7. The quantitative estimate of drug-likeness (QED) is 0.436. The average Bonchev–Trinajstić information content (AvgIpc) is 2.85. The Morgan fingerprint density at radius 3 is 2.38 bits per heavy atom. The van der Waals surface area contributed by atoms with E-state index in [1.54, 1.807) is 7.11 Å². The zero-order chi connectivity index (χ0) is 24.4. The number of nitrogens with two attached hydrogens (primary N) is 1. The third kappa shape index (κ3) is 6.14. The third-order valence-electron chi connectivity index (χ3n) is 6.53. The van der Waals surface area contributed by atoms with Crippen LogP contribution in [-0.4, -0.2) is 50.9 Å². The average molecular weight is 472 g/mol. The van der Waals surface area contributed by atoms with E-state index >= 15 is 0 Å². The lowest BCUT2D eigenvalue weighted by Gasteiger charge is -2.41. The number of amides is 1. The number of benzene rings is 2. The van der Waals surface area contributed by atoms with Crippen LogP contribution in [-0.2, 0) is 14.9 Å². The number of carbonyl (C=O) groups is 1. The van der Waals surface area contributed by atoms with Crippen molar-refractivity contribution in [2.24, 2.45) is 11.7 Å². The van der Waals surface area contributed by atoms with Gasteiger partial charge < -0.3 is 20.5 Å². The summed E-state index contributed by atoms with van der Waals surface area (Å²) in [5.74, 6) is 1.28. The van der Waals surface area contributed by atoms with Crippen LogP contribution in [0.2, 0.25) is 0 Å². The first-order valence-corrected chi connectivity index (χ1v) is 12.3. The van der Waals surface area contributed by atoms with Gasteiger partial charge in [-0.15, -0.1) is 9.60 Å². The van der Waals surface area contributed by atoms with Crippen molar-refractivity contribution in [1.29, 1.82) is 0 Å². The first-order chi connectivity index (χ1) is 16.6. The molecule has 1 amide bonds. The highest BCUT2D eigenvalue weighted by Crippen LogP contribution is 2.50. The van der Waals surface area contributed by atoms with Crippen LogP contribution < -0.4 is 15.8 Å². The van der Waals surface area contributed by atoms with Gasteiger partial charge in [-0.05, 0) is 50.8 Å². The van der Waals surface area contributed by atoms with Gasteiger partial charge in [0.15, 0.2) is 0 Å². The van der Waals surface area contributed by atoms with E-state index in [1.165, 1.54) is 0 Å². The van der Waals surface area contributed by atoms with E-state index in [1.807, 2.05) is 43.3 Å². The Labute approximate surface area is 202 Å². The predicted molar refractivity (Wildman–Crippen MR) is 133 cm³/mol. The fraction of sp³-hybridized carbons (Fsp3) is 0.519. The molecule has 2 aromatic carbocycles. The second kappa shape index (κ2) is 12.8. The van der Waals surface area contributed by atoms with Crippen LogP contribution in [0.4, 0.5) is 4.48 Å². The van der Waals surface area contributed by atoms with Crippen molar-refractivity contribution >= 4 is 5.91 Å². The Balaban J connectivity index is 0.00000103. The number of fused-ring (bicyclic) bond motifs is 2. The van der Waals surface area contributed by atoms with E-state index in [0.29, 0.717) is 26.1 Å². The van der Waals surface area contributed by atoms with Gasteiger partial charge in [-0.3, -0.25) is 4.79 Å². The summed E-state index contributed by atoms with van der Waals surface area (Å²) in [6, 6.07) is 16.1. The first-order valence-electron chi connectivity index (χ1n) is 12.3. The lowest BCUT2D eigenvalue weighted by atomic mass is 9.69. The van der Waals surface area contributed by atoms with E-state index in [-0.39, 0.29) is 18.4 Å². The van der Waals surface area contributed by atoms with Crippen molar-refractivity contribution in [3.63, 3.8) is 0 Å². The number of halogens is 1. The zero-order valence-corrected chi connectivity index (χ0v) is 20.4. The number of para-hydroxylation sites is 2. The van der Waals surface area contributed by atoms with Gasteiger partial charge in [-0.25, -0.2) is 0 Å². The van der Waals surface area contributed by atoms with Crippen LogP contribution >= 0.6 is 0 Å². The molecule has 186 valence electrons. The monoisotopic (exact) mass is 471 g/mol. The number of carbonyl (C=O) groups excluding carboxylic acids is 1. The van der Waals surface area contributed by atoms with Gasteiger partial charge >= 0.3 is 0 Å². The Kier molecular flexibility index (Phi) is 9.86. The maximum Gasteiger partial charge on any atom is 0.224 e. The molecule has 1 atom stereocenters. The summed E-state index contributed by atoms with van der Waals surface area (Å²) in [6.07, 6.45) is 4.18. The van der Waals surface area contributed by atoms with E-state index in [4.69, 9.17) is 15.2 Å². The zero-order valence-electron chi connectivity index (χ0n) is 20.4. The summed E-state index contributed by atoms with van der Waals surface area (Å²) in [4.78, 5) is 13.0. The number of hydrogen-bond donors (Lipinski definition) is 2. The number of nitrogens with zero attached hydrogens (tertiary/aromatic N) is 1. The standard InChI is InChI=1S/C25H31FN2O3.C2H7N/c1-30-16-7-6-14-25(18-27-24(29)19-9-8-15-28(26)17-19)20-10-2-4-12-22(20)31-23-13-5-3-11-21(23)25;1-2-3/h2-5,10-13,19H,6-9,14-18H2,1H3,(H,27,29);2-3H2,1H3. The van der Waals surface area contributed by atoms with Crippen molar-refractivity contribution in [2.75, 3.05) is 39.9 Å². The van der Waals surface area contributed by atoms with Crippen LogP contribution in [0.1, 0.15) is 50.2 Å². The molecule has 0 bridgehead atoms. The molecule has 6 nitrogen and oxygen atoms in total. The van der Waals surface area contributed by atoms with Crippen LogP contribution in [0.5, 0.6) is 11.5 Å². The van der Waals surface area contributed by atoms with Crippen LogP contribution in [0.3, 0.4) is 0 Å². The molecule has 0 saturated carbocycles. The number of unbranched alkanes of at least 4 members (excludes halogenated alkanes) is 1. The largest absolute Gasteiger partial charge is 0.457 e. The topological polar surface area (TPSA) is 76.8 Å². The Morgan fingerprint density at radius 2 is 1.79 bits per heavy atom. The van der Waals surface area contributed by atoms with Gasteiger partial charge in [0.1, 0.15) is 11.5 Å². The minimum atomic E-state index is -0.404. The summed E-state index contributed by atoms with van der Waals surface area (Å²) in [7, 11) is 1.72. The molecular weight excluding hydrogens is 433 g/mol. The molecule has 2 aliphatic rings. The Hall–Kier alpha value is -2.48. The molecule has 0 aromatic heterocycles. The van der Waals surface area contributed by atoms with Gasteiger partial charge in [0.25, 0.3) is 0 Å². The molecule has 2 aromatic rings. The lowest BCUT2D eigenvalue weighted by molar-refractivity contribution is -0.130. The smallest absolute Gasteiger partial charge is 0.224 e. The SMILES string of the molecule is CCN.COCCCCC1(CNC(=O)C2CCCN(F)C2)c2ccccc2Oc2ccccc21. The molecule has 34 heavy (non-hydrogen) atoms. The number of hydrogen-bond acceptors (Lipinski definition) is 5. The van der Waals surface area contributed by atoms with E-state index in [9.17, 15) is 9.28 Å². The van der Waals surface area contributed by atoms with Gasteiger partial charge in [0, 0.05) is 49.9 Å². The third-order valence-corrected chi connectivity index (χ3v) is 6.53. The second-order valence-corrected chi connectivity index (χ2v) is 8.96. The van der Waals surface area contributed by atoms with Crippen molar-refractivity contribution in [1.82, 2.24) is 10.4 Å². The lowest BCUT2D eigenvalue weighted by Crippen LogP contribution is -2.47. The van der Waals surface area contributed by atoms with Crippen molar-refractivity contribution in [3.05, 3.63) is 59.7 Å². The minimum absolute atomic E-state index is 0.0694. The minimum Gasteiger partial charge on any atom is -0.457 e. The molecule has 1 saturated heterocycles. The van der Waals surface area contributed by atoms with Gasteiger partial charge in [-0.1, -0.05) is 43.3 Å². The Bertz CT molecular complexity index is 878. The van der Waals surface area contributed by atoms with E-state index in [0.717, 1.165) is 60.0 Å². The van der Waals surface area contributed by atoms with Crippen LogP contribution in [0.15, 0.2) is 48.5 Å². The van der Waals surface area contributed by atoms with Crippen molar-refractivity contribution in [2.45, 2.75) is 44.4 Å². The van der Waals surface area contributed by atoms with Gasteiger partial charge in [0.2, 0.25) is 5.91 Å². The molecule has 1 unspecified atom stereocenters. The summed E-state index contributed by atoms with van der Waals surface area (Å²) in [5.41, 5.74) is 6.61. The molecule has 2 heterocycles. The normalized spacial score (nSPS) is 18.5. The maximum atomic E-state index is 13.7. The van der Waals surface area contributed by atoms with Crippen LogP contribution in [0.25, 0.3) is 0 Å². The summed E-state index contributed by atoms with van der Waals surface area (Å²) >= 11 is 0. The molecule has 0 aliphatic carbocycles. The van der Waals surface area contributed by atoms with E-state index < -0.39 is 5.41 Å². The highest BCUT2D eigenvalue weighted by atomic mass is 19.2. The fourth-order valence-corrected chi connectivity index (χ4v) is 4.91. The number of rotatable bonds is 8.